The maximum atomic E-state index is 10.7. The molecule has 1 aromatic rings. The lowest BCUT2D eigenvalue weighted by Crippen LogP contribution is -2.06. The highest BCUT2D eigenvalue weighted by Gasteiger charge is 2.03. The van der Waals surface area contributed by atoms with Crippen molar-refractivity contribution in [3.8, 4) is 0 Å². The van der Waals surface area contributed by atoms with Gasteiger partial charge in [-0.15, -0.1) is 11.6 Å². The summed E-state index contributed by atoms with van der Waals surface area (Å²) < 4.78 is 4.79. The summed E-state index contributed by atoms with van der Waals surface area (Å²) >= 11 is 5.25. The molecule has 0 atom stereocenters. The van der Waals surface area contributed by atoms with Crippen molar-refractivity contribution < 1.29 is 14.3 Å². The van der Waals surface area contributed by atoms with Crippen molar-refractivity contribution in [1.29, 1.82) is 0 Å². The van der Waals surface area contributed by atoms with Crippen LogP contribution in [0.3, 0.4) is 0 Å². The molecule has 0 aliphatic heterocycles. The van der Waals surface area contributed by atoms with Gasteiger partial charge in [0.1, 0.15) is 18.8 Å². The number of esters is 1. The molecule has 1 aromatic carbocycles. The zero-order chi connectivity index (χ0) is 10.4. The quantitative estimate of drug-likeness (QED) is 0.434. The number of benzene rings is 1. The summed E-state index contributed by atoms with van der Waals surface area (Å²) in [6.45, 7) is 0.0838. The molecule has 4 heteroatoms. The average molecular weight is 213 g/mol. The Morgan fingerprint density at radius 3 is 2.79 bits per heavy atom. The molecule has 0 saturated carbocycles. The second-order valence-electron chi connectivity index (χ2n) is 2.61. The lowest BCUT2D eigenvalue weighted by Gasteiger charge is -2.04. The first-order valence-corrected chi connectivity index (χ1v) is 4.56. The van der Waals surface area contributed by atoms with E-state index in [0.717, 1.165) is 6.29 Å². The topological polar surface area (TPSA) is 43.4 Å². The molecule has 14 heavy (non-hydrogen) atoms. The fraction of sp³-hybridized carbons (Fsp3) is 0.200. The van der Waals surface area contributed by atoms with Crippen molar-refractivity contribution in [2.24, 2.45) is 0 Å². The number of rotatable bonds is 4. The predicted octanol–water partition coefficient (Wildman–Crippen LogP) is 1.78. The van der Waals surface area contributed by atoms with Crippen LogP contribution in [0.2, 0.25) is 0 Å². The molecule has 0 amide bonds. The molecular weight excluding hydrogens is 204 g/mol. The second-order valence-corrected chi connectivity index (χ2v) is 2.88. The SMILES string of the molecule is O=Cc1ccccc1COC(=O)CCl. The summed E-state index contributed by atoms with van der Waals surface area (Å²) in [4.78, 5) is 21.3. The highest BCUT2D eigenvalue weighted by Crippen LogP contribution is 2.07. The normalized spacial score (nSPS) is 9.50. The summed E-state index contributed by atoms with van der Waals surface area (Å²) in [5.41, 5.74) is 1.20. The Labute approximate surface area is 86.6 Å². The minimum Gasteiger partial charge on any atom is -0.460 e. The average Bonchev–Trinajstić information content (AvgIpc) is 2.26. The van der Waals surface area contributed by atoms with E-state index in [1.54, 1.807) is 24.3 Å². The molecule has 0 bridgehead atoms. The van der Waals surface area contributed by atoms with Gasteiger partial charge in [0.25, 0.3) is 0 Å². The van der Waals surface area contributed by atoms with Crippen molar-refractivity contribution in [1.82, 2.24) is 0 Å². The summed E-state index contributed by atoms with van der Waals surface area (Å²) in [5, 5.41) is 0. The Balaban J connectivity index is 2.66. The minimum atomic E-state index is -0.493. The van der Waals surface area contributed by atoms with Gasteiger partial charge in [-0.25, -0.2) is 0 Å². The van der Waals surface area contributed by atoms with E-state index < -0.39 is 5.97 Å². The third-order valence-corrected chi connectivity index (χ3v) is 1.90. The molecule has 0 saturated heterocycles. The van der Waals surface area contributed by atoms with Crippen molar-refractivity contribution in [3.05, 3.63) is 35.4 Å². The number of hydrogen-bond acceptors (Lipinski definition) is 3. The third-order valence-electron chi connectivity index (χ3n) is 1.68. The molecule has 0 spiro atoms. The van der Waals surface area contributed by atoms with E-state index in [9.17, 15) is 9.59 Å². The summed E-state index contributed by atoms with van der Waals surface area (Å²) in [6, 6.07) is 6.91. The molecule has 1 rings (SSSR count). The Morgan fingerprint density at radius 1 is 1.43 bits per heavy atom. The first-order chi connectivity index (χ1) is 6.77. The van der Waals surface area contributed by atoms with Crippen LogP contribution in [-0.4, -0.2) is 18.1 Å². The van der Waals surface area contributed by atoms with E-state index in [-0.39, 0.29) is 12.5 Å². The fourth-order valence-corrected chi connectivity index (χ4v) is 1.05. The molecule has 0 heterocycles. The number of hydrogen-bond donors (Lipinski definition) is 0. The van der Waals surface area contributed by atoms with E-state index in [2.05, 4.69) is 0 Å². The Kier molecular flexibility index (Phi) is 4.13. The minimum absolute atomic E-state index is 0.0838. The highest BCUT2D eigenvalue weighted by molar-refractivity contribution is 6.26. The van der Waals surface area contributed by atoms with E-state index in [1.165, 1.54) is 0 Å². The van der Waals surface area contributed by atoms with Crippen LogP contribution in [0.1, 0.15) is 15.9 Å². The van der Waals surface area contributed by atoms with Crippen molar-refractivity contribution in [2.75, 3.05) is 5.88 Å². The monoisotopic (exact) mass is 212 g/mol. The Hall–Kier alpha value is -1.35. The molecule has 0 aliphatic rings. The predicted molar refractivity (Wildman–Crippen MR) is 52.3 cm³/mol. The van der Waals surface area contributed by atoms with Gasteiger partial charge in [-0.3, -0.25) is 9.59 Å². The van der Waals surface area contributed by atoms with Crippen LogP contribution in [0.4, 0.5) is 0 Å². The number of ether oxygens (including phenoxy) is 1. The third kappa shape index (κ3) is 2.85. The van der Waals surface area contributed by atoms with E-state index in [1.807, 2.05) is 0 Å². The lowest BCUT2D eigenvalue weighted by molar-refractivity contribution is -0.141. The van der Waals surface area contributed by atoms with Gasteiger partial charge in [-0.1, -0.05) is 24.3 Å². The van der Waals surface area contributed by atoms with Gasteiger partial charge in [0.05, 0.1) is 0 Å². The van der Waals surface area contributed by atoms with Gasteiger partial charge in [-0.2, -0.15) is 0 Å². The van der Waals surface area contributed by atoms with Crippen LogP contribution in [0.15, 0.2) is 24.3 Å². The van der Waals surface area contributed by atoms with Gasteiger partial charge in [0.2, 0.25) is 0 Å². The molecule has 0 aliphatic carbocycles. The zero-order valence-corrected chi connectivity index (χ0v) is 8.16. The number of aldehydes is 1. The highest BCUT2D eigenvalue weighted by atomic mass is 35.5. The van der Waals surface area contributed by atoms with Crippen LogP contribution < -0.4 is 0 Å². The lowest BCUT2D eigenvalue weighted by atomic mass is 10.1. The first-order valence-electron chi connectivity index (χ1n) is 4.02. The fourth-order valence-electron chi connectivity index (χ4n) is 0.977. The van der Waals surface area contributed by atoms with Crippen LogP contribution in [-0.2, 0) is 16.1 Å². The first kappa shape index (κ1) is 10.7. The molecule has 0 unspecified atom stereocenters. The van der Waals surface area contributed by atoms with Gasteiger partial charge in [0.15, 0.2) is 0 Å². The number of alkyl halides is 1. The van der Waals surface area contributed by atoms with E-state index in [0.29, 0.717) is 11.1 Å². The van der Waals surface area contributed by atoms with E-state index >= 15 is 0 Å². The summed E-state index contributed by atoms with van der Waals surface area (Å²) in [7, 11) is 0. The van der Waals surface area contributed by atoms with Gasteiger partial charge in [-0.05, 0) is 5.56 Å². The zero-order valence-electron chi connectivity index (χ0n) is 7.40. The molecule has 0 N–H and O–H groups in total. The molecule has 0 fully saturated rings. The van der Waals surface area contributed by atoms with Crippen molar-refractivity contribution in [3.63, 3.8) is 0 Å². The summed E-state index contributed by atoms with van der Waals surface area (Å²) in [5.74, 6) is -0.671. The molecule has 0 aromatic heterocycles. The number of carbonyl (C=O) groups is 2. The Bertz CT molecular complexity index is 336. The van der Waals surface area contributed by atoms with Crippen molar-refractivity contribution >= 4 is 23.9 Å². The number of halogens is 1. The van der Waals surface area contributed by atoms with Gasteiger partial charge < -0.3 is 4.74 Å². The van der Waals surface area contributed by atoms with Crippen LogP contribution in [0.25, 0.3) is 0 Å². The maximum Gasteiger partial charge on any atom is 0.321 e. The Morgan fingerprint density at radius 2 is 2.14 bits per heavy atom. The van der Waals surface area contributed by atoms with E-state index in [4.69, 9.17) is 16.3 Å². The molecule has 0 radical (unpaired) electrons. The van der Waals surface area contributed by atoms with Crippen LogP contribution >= 0.6 is 11.6 Å². The second kappa shape index (κ2) is 5.40. The van der Waals surface area contributed by atoms with Crippen LogP contribution in [0, 0.1) is 0 Å². The van der Waals surface area contributed by atoms with Crippen LogP contribution in [0.5, 0.6) is 0 Å². The molecule has 74 valence electrons. The smallest absolute Gasteiger partial charge is 0.321 e. The largest absolute Gasteiger partial charge is 0.460 e. The maximum absolute atomic E-state index is 10.7. The number of carbonyl (C=O) groups excluding carboxylic acids is 2. The van der Waals surface area contributed by atoms with Crippen molar-refractivity contribution in [2.45, 2.75) is 6.61 Å². The van der Waals surface area contributed by atoms with Gasteiger partial charge >= 0.3 is 5.97 Å². The molecule has 3 nitrogen and oxygen atoms in total. The molecular formula is C10H9ClO3. The van der Waals surface area contributed by atoms with Gasteiger partial charge in [0, 0.05) is 5.56 Å². The summed E-state index contributed by atoms with van der Waals surface area (Å²) in [6.07, 6.45) is 0.726. The standard InChI is InChI=1S/C10H9ClO3/c11-5-10(13)14-7-9-4-2-1-3-8(9)6-12/h1-4,6H,5,7H2.